The van der Waals surface area contributed by atoms with Crippen molar-refractivity contribution in [1.29, 1.82) is 0 Å². The molecule has 6 nitrogen and oxygen atoms in total. The van der Waals surface area contributed by atoms with Gasteiger partial charge >= 0.3 is 0 Å². The summed E-state index contributed by atoms with van der Waals surface area (Å²) in [4.78, 5) is 0. The molecule has 80 valence electrons. The molecule has 0 aromatic heterocycles. The molecule has 0 rings (SSSR count). The second-order valence-corrected chi connectivity index (χ2v) is 6.36. The molecule has 0 saturated carbocycles. The first-order valence-corrected chi connectivity index (χ1v) is 7.09. The van der Waals surface area contributed by atoms with E-state index >= 15 is 0 Å². The zero-order valence-corrected chi connectivity index (χ0v) is 9.44. The first kappa shape index (κ1) is 12.8. The molecule has 0 spiro atoms. The van der Waals surface area contributed by atoms with Crippen molar-refractivity contribution in [2.45, 2.75) is 6.92 Å². The van der Waals surface area contributed by atoms with Crippen molar-refractivity contribution >= 4 is 20.0 Å². The van der Waals surface area contributed by atoms with Crippen molar-refractivity contribution in [1.82, 2.24) is 9.03 Å². The maximum Gasteiger partial charge on any atom is 0.225 e. The van der Waals surface area contributed by atoms with Crippen LogP contribution in [0.5, 0.6) is 0 Å². The minimum Gasteiger partial charge on any atom is -0.217 e. The highest BCUT2D eigenvalue weighted by Crippen LogP contribution is 1.99. The van der Waals surface area contributed by atoms with E-state index in [-0.39, 0.29) is 6.54 Å². The highest BCUT2D eigenvalue weighted by Gasteiger charge is 2.20. The molecule has 0 aliphatic rings. The number of sulfonamides is 2. The lowest BCUT2D eigenvalue weighted by Crippen LogP contribution is -2.38. The van der Waals surface area contributed by atoms with Gasteiger partial charge in [-0.15, -0.1) is 0 Å². The summed E-state index contributed by atoms with van der Waals surface area (Å²) in [5, 5.41) is 0. The molecular weight excluding hydrogens is 216 g/mol. The Bertz CT molecular complexity index is 345. The fourth-order valence-corrected chi connectivity index (χ4v) is 3.02. The summed E-state index contributed by atoms with van der Waals surface area (Å²) in [5.41, 5.74) is 0. The molecule has 0 aliphatic heterocycles. The first-order valence-electron chi connectivity index (χ1n) is 3.59. The predicted molar refractivity (Wildman–Crippen MR) is 50.1 cm³/mol. The molecule has 0 fully saturated rings. The van der Waals surface area contributed by atoms with Gasteiger partial charge in [-0.3, -0.25) is 0 Å². The molecule has 0 saturated heterocycles. The van der Waals surface area contributed by atoms with Crippen LogP contribution in [-0.4, -0.2) is 46.9 Å². The van der Waals surface area contributed by atoms with Gasteiger partial charge < -0.3 is 0 Å². The quantitative estimate of drug-likeness (QED) is 0.641. The van der Waals surface area contributed by atoms with Crippen LogP contribution in [0, 0.1) is 0 Å². The molecule has 1 N–H and O–H groups in total. The molecule has 0 bridgehead atoms. The van der Waals surface area contributed by atoms with E-state index < -0.39 is 25.9 Å². The van der Waals surface area contributed by atoms with Gasteiger partial charge in [0.25, 0.3) is 0 Å². The van der Waals surface area contributed by atoms with Crippen LogP contribution in [0.4, 0.5) is 0 Å². The van der Waals surface area contributed by atoms with Crippen LogP contribution < -0.4 is 4.72 Å². The van der Waals surface area contributed by atoms with Crippen LogP contribution in [0.1, 0.15) is 6.92 Å². The standard InChI is InChI=1S/C5H14N2O4S2/c1-4-7(12(3,8)9)5-13(10,11)6-2/h6H,4-5H2,1-3H3. The summed E-state index contributed by atoms with van der Waals surface area (Å²) in [6.07, 6.45) is 0.974. The lowest BCUT2D eigenvalue weighted by Gasteiger charge is -2.16. The third-order valence-corrected chi connectivity index (χ3v) is 4.21. The second kappa shape index (κ2) is 4.36. The SMILES string of the molecule is CCN(CS(=O)(=O)NC)S(C)(=O)=O. The Morgan fingerprint density at radius 3 is 1.92 bits per heavy atom. The van der Waals surface area contributed by atoms with Crippen LogP contribution in [0.3, 0.4) is 0 Å². The minimum atomic E-state index is -3.52. The zero-order chi connectivity index (χ0) is 10.7. The predicted octanol–water partition coefficient (Wildman–Crippen LogP) is -1.23. The van der Waals surface area contributed by atoms with E-state index in [2.05, 4.69) is 0 Å². The third-order valence-electron chi connectivity index (χ3n) is 1.45. The fourth-order valence-electron chi connectivity index (χ4n) is 0.676. The summed E-state index contributed by atoms with van der Waals surface area (Å²) >= 11 is 0. The van der Waals surface area contributed by atoms with Gasteiger partial charge in [0.05, 0.1) is 6.26 Å². The van der Waals surface area contributed by atoms with Crippen LogP contribution in [0.2, 0.25) is 0 Å². The van der Waals surface area contributed by atoms with Gasteiger partial charge in [-0.25, -0.2) is 21.6 Å². The van der Waals surface area contributed by atoms with E-state index in [4.69, 9.17) is 0 Å². The normalized spacial score (nSPS) is 13.5. The summed E-state index contributed by atoms with van der Waals surface area (Å²) in [7, 11) is -5.72. The van der Waals surface area contributed by atoms with E-state index in [0.717, 1.165) is 10.6 Å². The largest absolute Gasteiger partial charge is 0.225 e. The van der Waals surface area contributed by atoms with E-state index in [1.54, 1.807) is 6.92 Å². The monoisotopic (exact) mass is 230 g/mol. The van der Waals surface area contributed by atoms with Crippen LogP contribution >= 0.6 is 0 Å². The Morgan fingerprint density at radius 1 is 1.23 bits per heavy atom. The average molecular weight is 230 g/mol. The van der Waals surface area contributed by atoms with E-state index in [1.807, 2.05) is 4.72 Å². The Labute approximate surface area is 79.0 Å². The smallest absolute Gasteiger partial charge is 0.217 e. The molecule has 0 radical (unpaired) electrons. The van der Waals surface area contributed by atoms with Gasteiger partial charge in [-0.05, 0) is 7.05 Å². The first-order chi connectivity index (χ1) is 5.73. The maximum atomic E-state index is 11.0. The number of nitrogens with one attached hydrogen (secondary N) is 1. The lowest BCUT2D eigenvalue weighted by molar-refractivity contribution is 0.465. The maximum absolute atomic E-state index is 11.0. The molecule has 0 aliphatic carbocycles. The Kier molecular flexibility index (Phi) is 4.30. The van der Waals surface area contributed by atoms with Crippen molar-refractivity contribution in [3.8, 4) is 0 Å². The third kappa shape index (κ3) is 4.55. The Hall–Kier alpha value is -0.180. The van der Waals surface area contributed by atoms with E-state index in [9.17, 15) is 16.8 Å². The fraction of sp³-hybridized carbons (Fsp3) is 1.00. The topological polar surface area (TPSA) is 83.6 Å². The number of hydrogen-bond acceptors (Lipinski definition) is 4. The van der Waals surface area contributed by atoms with E-state index in [0.29, 0.717) is 0 Å². The molecule has 0 atom stereocenters. The van der Waals surface area contributed by atoms with Crippen molar-refractivity contribution < 1.29 is 16.8 Å². The van der Waals surface area contributed by atoms with Crippen molar-refractivity contribution in [3.63, 3.8) is 0 Å². The molecule has 0 amide bonds. The highest BCUT2D eigenvalue weighted by molar-refractivity contribution is 7.92. The minimum absolute atomic E-state index is 0.139. The van der Waals surface area contributed by atoms with Gasteiger partial charge in [0.2, 0.25) is 20.0 Å². The highest BCUT2D eigenvalue weighted by atomic mass is 32.2. The second-order valence-electron chi connectivity index (χ2n) is 2.48. The zero-order valence-electron chi connectivity index (χ0n) is 7.81. The number of rotatable bonds is 5. The molecule has 0 aromatic rings. The van der Waals surface area contributed by atoms with Gasteiger partial charge in [0.15, 0.2) is 0 Å². The van der Waals surface area contributed by atoms with Crippen molar-refractivity contribution in [2.24, 2.45) is 0 Å². The van der Waals surface area contributed by atoms with Gasteiger partial charge in [0.1, 0.15) is 5.88 Å². The Balaban J connectivity index is 4.69. The van der Waals surface area contributed by atoms with Crippen LogP contribution in [0.15, 0.2) is 0 Å². The van der Waals surface area contributed by atoms with Crippen molar-refractivity contribution in [3.05, 3.63) is 0 Å². The number of nitrogens with zero attached hydrogens (tertiary/aromatic N) is 1. The lowest BCUT2D eigenvalue weighted by atomic mass is 10.8. The molecular formula is C5H14N2O4S2. The summed E-state index contributed by atoms with van der Waals surface area (Å²) in [6.45, 7) is 1.71. The van der Waals surface area contributed by atoms with Crippen LogP contribution in [0.25, 0.3) is 0 Å². The van der Waals surface area contributed by atoms with Gasteiger partial charge in [-0.2, -0.15) is 4.31 Å². The van der Waals surface area contributed by atoms with Gasteiger partial charge in [0, 0.05) is 6.54 Å². The molecule has 0 heterocycles. The molecule has 0 aromatic carbocycles. The van der Waals surface area contributed by atoms with E-state index in [1.165, 1.54) is 7.05 Å². The molecule has 13 heavy (non-hydrogen) atoms. The molecule has 8 heteroatoms. The van der Waals surface area contributed by atoms with Gasteiger partial charge in [-0.1, -0.05) is 6.92 Å². The summed E-state index contributed by atoms with van der Waals surface area (Å²) < 4.78 is 46.9. The Morgan fingerprint density at radius 2 is 1.69 bits per heavy atom. The molecule has 0 unspecified atom stereocenters. The summed E-state index contributed by atoms with van der Waals surface area (Å²) in [5.74, 6) is -0.529. The summed E-state index contributed by atoms with van der Waals surface area (Å²) in [6, 6.07) is 0. The average Bonchev–Trinajstić information content (AvgIpc) is 1.98. The van der Waals surface area contributed by atoms with Crippen LogP contribution in [-0.2, 0) is 20.0 Å². The number of hydrogen-bond donors (Lipinski definition) is 1. The van der Waals surface area contributed by atoms with Crippen molar-refractivity contribution in [2.75, 3.05) is 25.7 Å².